The number of hydrogen-bond donors (Lipinski definition) is 2. The van der Waals surface area contributed by atoms with Crippen molar-refractivity contribution in [1.29, 1.82) is 0 Å². The monoisotopic (exact) mass is 344 g/mol. The molecule has 0 aliphatic carbocycles. The second-order valence-corrected chi connectivity index (χ2v) is 4.93. The fourth-order valence-electron chi connectivity index (χ4n) is 1.94. The Kier molecular flexibility index (Phi) is 5.38. The van der Waals surface area contributed by atoms with Gasteiger partial charge in [-0.2, -0.15) is 13.2 Å². The van der Waals surface area contributed by atoms with E-state index in [0.29, 0.717) is 6.07 Å². The van der Waals surface area contributed by atoms with Crippen LogP contribution in [0.2, 0.25) is 0 Å². The van der Waals surface area contributed by atoms with Gasteiger partial charge in [-0.3, -0.25) is 4.79 Å². The van der Waals surface area contributed by atoms with E-state index in [1.165, 1.54) is 18.2 Å². The molecule has 0 aliphatic heterocycles. The first-order valence-corrected chi connectivity index (χ1v) is 6.92. The van der Waals surface area contributed by atoms with Gasteiger partial charge in [-0.15, -0.1) is 0 Å². The SMILES string of the molecule is O=C(CCNc1ccc(F)cc1F)Nc1cccc(C(F)(F)F)c1. The van der Waals surface area contributed by atoms with Gasteiger partial charge in [0.1, 0.15) is 11.6 Å². The molecule has 0 radical (unpaired) electrons. The van der Waals surface area contributed by atoms with Crippen molar-refractivity contribution in [3.63, 3.8) is 0 Å². The number of nitrogens with one attached hydrogen (secondary N) is 2. The molecule has 0 heterocycles. The summed E-state index contributed by atoms with van der Waals surface area (Å²) in [6, 6.07) is 7.19. The van der Waals surface area contributed by atoms with E-state index in [1.54, 1.807) is 0 Å². The highest BCUT2D eigenvalue weighted by Gasteiger charge is 2.30. The van der Waals surface area contributed by atoms with Crippen molar-refractivity contribution in [2.75, 3.05) is 17.2 Å². The molecule has 0 atom stereocenters. The summed E-state index contributed by atoms with van der Waals surface area (Å²) in [6.45, 7) is 0.0351. The molecule has 2 aromatic rings. The number of rotatable bonds is 5. The van der Waals surface area contributed by atoms with Gasteiger partial charge in [0.25, 0.3) is 0 Å². The summed E-state index contributed by atoms with van der Waals surface area (Å²) in [5.74, 6) is -2.06. The smallest absolute Gasteiger partial charge is 0.382 e. The summed E-state index contributed by atoms with van der Waals surface area (Å²) in [7, 11) is 0. The first-order chi connectivity index (χ1) is 11.3. The van der Waals surface area contributed by atoms with E-state index in [9.17, 15) is 26.7 Å². The Morgan fingerprint density at radius 1 is 1.04 bits per heavy atom. The Labute approximate surface area is 134 Å². The van der Waals surface area contributed by atoms with E-state index in [4.69, 9.17) is 0 Å². The zero-order valence-corrected chi connectivity index (χ0v) is 12.3. The van der Waals surface area contributed by atoms with Crippen LogP contribution in [0, 0.1) is 11.6 Å². The van der Waals surface area contributed by atoms with Gasteiger partial charge in [0, 0.05) is 24.7 Å². The van der Waals surface area contributed by atoms with Gasteiger partial charge in [-0.05, 0) is 30.3 Å². The summed E-state index contributed by atoms with van der Waals surface area (Å²) in [5.41, 5.74) is -0.821. The van der Waals surface area contributed by atoms with Crippen LogP contribution in [0.3, 0.4) is 0 Å². The van der Waals surface area contributed by atoms with E-state index < -0.39 is 29.3 Å². The topological polar surface area (TPSA) is 41.1 Å². The highest BCUT2D eigenvalue weighted by molar-refractivity contribution is 5.91. The van der Waals surface area contributed by atoms with Crippen molar-refractivity contribution in [2.24, 2.45) is 0 Å². The lowest BCUT2D eigenvalue weighted by atomic mass is 10.2. The summed E-state index contributed by atoms with van der Waals surface area (Å²) >= 11 is 0. The maximum Gasteiger partial charge on any atom is 0.416 e. The van der Waals surface area contributed by atoms with Crippen molar-refractivity contribution >= 4 is 17.3 Å². The van der Waals surface area contributed by atoms with Crippen molar-refractivity contribution in [3.05, 3.63) is 59.7 Å². The van der Waals surface area contributed by atoms with Crippen LogP contribution >= 0.6 is 0 Å². The largest absolute Gasteiger partial charge is 0.416 e. The van der Waals surface area contributed by atoms with Crippen molar-refractivity contribution in [1.82, 2.24) is 0 Å². The number of carbonyl (C=O) groups excluding carboxylic acids is 1. The molecule has 0 saturated heterocycles. The molecule has 0 spiro atoms. The summed E-state index contributed by atoms with van der Waals surface area (Å²) in [5, 5.41) is 4.94. The van der Waals surface area contributed by atoms with E-state index in [0.717, 1.165) is 18.2 Å². The number of alkyl halides is 3. The third-order valence-electron chi connectivity index (χ3n) is 3.07. The number of anilines is 2. The summed E-state index contributed by atoms with van der Waals surface area (Å²) in [4.78, 5) is 11.7. The maximum atomic E-state index is 13.4. The van der Waals surface area contributed by atoms with Gasteiger partial charge in [-0.25, -0.2) is 8.78 Å². The van der Waals surface area contributed by atoms with Gasteiger partial charge in [0.15, 0.2) is 0 Å². The summed E-state index contributed by atoms with van der Waals surface area (Å²) < 4.78 is 63.8. The second kappa shape index (κ2) is 7.29. The van der Waals surface area contributed by atoms with Gasteiger partial charge in [0.05, 0.1) is 11.3 Å². The third kappa shape index (κ3) is 4.94. The van der Waals surface area contributed by atoms with E-state index in [1.807, 2.05) is 0 Å². The molecule has 2 aromatic carbocycles. The number of halogens is 5. The van der Waals surface area contributed by atoms with Crippen LogP contribution in [-0.4, -0.2) is 12.5 Å². The number of hydrogen-bond acceptors (Lipinski definition) is 2. The normalized spacial score (nSPS) is 11.2. The molecule has 0 fully saturated rings. The first kappa shape index (κ1) is 17.7. The molecule has 24 heavy (non-hydrogen) atoms. The molecule has 0 aliphatic rings. The van der Waals surface area contributed by atoms with Crippen LogP contribution in [0.25, 0.3) is 0 Å². The molecule has 0 aromatic heterocycles. The quantitative estimate of drug-likeness (QED) is 0.788. The number of amides is 1. The predicted octanol–water partition coefficient (Wildman–Crippen LogP) is 4.42. The molecule has 0 unspecified atom stereocenters. The fourth-order valence-corrected chi connectivity index (χ4v) is 1.94. The molecule has 0 saturated carbocycles. The Balaban J connectivity index is 1.87. The Bertz CT molecular complexity index is 731. The van der Waals surface area contributed by atoms with E-state index in [2.05, 4.69) is 10.6 Å². The average molecular weight is 344 g/mol. The van der Waals surface area contributed by atoms with Crippen LogP contribution in [0.4, 0.5) is 33.3 Å². The lowest BCUT2D eigenvalue weighted by molar-refractivity contribution is -0.137. The van der Waals surface area contributed by atoms with Gasteiger partial charge in [-0.1, -0.05) is 6.07 Å². The zero-order chi connectivity index (χ0) is 17.7. The molecule has 2 N–H and O–H groups in total. The van der Waals surface area contributed by atoms with E-state index >= 15 is 0 Å². The average Bonchev–Trinajstić information content (AvgIpc) is 2.49. The molecule has 128 valence electrons. The van der Waals surface area contributed by atoms with Gasteiger partial charge in [0.2, 0.25) is 5.91 Å². The molecular weight excluding hydrogens is 331 g/mol. The van der Waals surface area contributed by atoms with Crippen molar-refractivity contribution in [2.45, 2.75) is 12.6 Å². The van der Waals surface area contributed by atoms with Crippen LogP contribution in [0.15, 0.2) is 42.5 Å². The predicted molar refractivity (Wildman–Crippen MR) is 79.5 cm³/mol. The maximum absolute atomic E-state index is 13.4. The van der Waals surface area contributed by atoms with Crippen molar-refractivity contribution in [3.8, 4) is 0 Å². The molecule has 0 bridgehead atoms. The Hall–Kier alpha value is -2.64. The third-order valence-corrected chi connectivity index (χ3v) is 3.07. The Morgan fingerprint density at radius 2 is 1.79 bits per heavy atom. The highest BCUT2D eigenvalue weighted by Crippen LogP contribution is 2.30. The van der Waals surface area contributed by atoms with Crippen LogP contribution in [0.1, 0.15) is 12.0 Å². The molecule has 8 heteroatoms. The molecule has 1 amide bonds. The van der Waals surface area contributed by atoms with E-state index in [-0.39, 0.29) is 24.3 Å². The zero-order valence-electron chi connectivity index (χ0n) is 12.3. The second-order valence-electron chi connectivity index (χ2n) is 4.93. The standard InChI is InChI=1S/C16H13F5N2O/c17-11-4-5-14(13(18)9-11)22-7-6-15(24)23-12-3-1-2-10(8-12)16(19,20)21/h1-5,8-9,22H,6-7H2,(H,23,24). The van der Waals surface area contributed by atoms with Gasteiger partial charge >= 0.3 is 6.18 Å². The van der Waals surface area contributed by atoms with Crippen LogP contribution in [0.5, 0.6) is 0 Å². The minimum absolute atomic E-state index is 0.0165. The summed E-state index contributed by atoms with van der Waals surface area (Å²) in [6.07, 6.45) is -4.60. The molecule has 2 rings (SSSR count). The fraction of sp³-hybridized carbons (Fsp3) is 0.188. The van der Waals surface area contributed by atoms with Crippen LogP contribution in [-0.2, 0) is 11.0 Å². The molecule has 3 nitrogen and oxygen atoms in total. The van der Waals surface area contributed by atoms with Crippen LogP contribution < -0.4 is 10.6 Å². The lowest BCUT2D eigenvalue weighted by Gasteiger charge is -2.10. The first-order valence-electron chi connectivity index (χ1n) is 6.92. The van der Waals surface area contributed by atoms with Crippen molar-refractivity contribution < 1.29 is 26.7 Å². The number of carbonyl (C=O) groups is 1. The highest BCUT2D eigenvalue weighted by atomic mass is 19.4. The molecular formula is C16H13F5N2O. The number of benzene rings is 2. The lowest BCUT2D eigenvalue weighted by Crippen LogP contribution is -2.17. The Morgan fingerprint density at radius 3 is 2.46 bits per heavy atom. The minimum atomic E-state index is -4.50. The minimum Gasteiger partial charge on any atom is -0.382 e. The van der Waals surface area contributed by atoms with Gasteiger partial charge < -0.3 is 10.6 Å².